The van der Waals surface area contributed by atoms with E-state index in [4.69, 9.17) is 0 Å². The Balaban J connectivity index is 1.58. The molecule has 1 aromatic carbocycles. The number of nitrogens with zero attached hydrogens (tertiary/aromatic N) is 2. The molecule has 0 radical (unpaired) electrons. The monoisotopic (exact) mass is 376 g/mol. The molecule has 3 rings (SSSR count). The number of nitrogens with one attached hydrogen (secondary N) is 2. The number of rotatable bonds is 5. The van der Waals surface area contributed by atoms with E-state index in [1.54, 1.807) is 13.8 Å². The molecule has 1 aromatic heterocycles. The molecule has 1 fully saturated rings. The lowest BCUT2D eigenvalue weighted by Crippen LogP contribution is -2.43. The van der Waals surface area contributed by atoms with E-state index in [9.17, 15) is 13.2 Å². The molecule has 0 unspecified atom stereocenters. The van der Waals surface area contributed by atoms with Crippen LogP contribution in [0, 0.1) is 19.8 Å². The smallest absolute Gasteiger partial charge is 0.246 e. The number of carbonyl (C=O) groups excluding carboxylic acids is 1. The lowest BCUT2D eigenvalue weighted by molar-refractivity contribution is -0.126. The van der Waals surface area contributed by atoms with Gasteiger partial charge in [-0.3, -0.25) is 9.89 Å². The number of hydrogen-bond acceptors (Lipinski definition) is 4. The van der Waals surface area contributed by atoms with Gasteiger partial charge < -0.3 is 5.32 Å². The van der Waals surface area contributed by atoms with Gasteiger partial charge in [0.1, 0.15) is 4.90 Å². The van der Waals surface area contributed by atoms with Gasteiger partial charge in [-0.05, 0) is 32.3 Å². The van der Waals surface area contributed by atoms with Crippen LogP contribution in [-0.4, -0.2) is 41.9 Å². The molecule has 2 N–H and O–H groups in total. The highest BCUT2D eigenvalue weighted by atomic mass is 32.2. The summed E-state index contributed by atoms with van der Waals surface area (Å²) in [6, 6.07) is 9.73. The van der Waals surface area contributed by atoms with Crippen LogP contribution in [0.4, 0.5) is 0 Å². The Morgan fingerprint density at radius 2 is 1.88 bits per heavy atom. The van der Waals surface area contributed by atoms with Crippen LogP contribution >= 0.6 is 0 Å². The Bertz CT molecular complexity index is 850. The van der Waals surface area contributed by atoms with E-state index in [1.807, 2.05) is 30.3 Å². The molecule has 0 spiro atoms. The standard InChI is InChI=1S/C18H24N4O3S/c1-13-17(14(2)21-20-13)26(24,25)22-10-8-16(9-11-22)18(23)19-12-15-6-4-3-5-7-15/h3-7,16H,8-12H2,1-2H3,(H,19,23)(H,20,21). The molecule has 1 amide bonds. The van der Waals surface area contributed by atoms with Crippen molar-refractivity contribution in [3.8, 4) is 0 Å². The van der Waals surface area contributed by atoms with Gasteiger partial charge in [-0.25, -0.2) is 8.42 Å². The van der Waals surface area contributed by atoms with Crippen molar-refractivity contribution in [2.45, 2.75) is 38.1 Å². The van der Waals surface area contributed by atoms with Crippen LogP contribution in [0.3, 0.4) is 0 Å². The van der Waals surface area contributed by atoms with Crippen LogP contribution in [-0.2, 0) is 21.4 Å². The lowest BCUT2D eigenvalue weighted by Gasteiger charge is -2.30. The van der Waals surface area contributed by atoms with Crippen molar-refractivity contribution in [2.24, 2.45) is 5.92 Å². The van der Waals surface area contributed by atoms with Crippen molar-refractivity contribution < 1.29 is 13.2 Å². The largest absolute Gasteiger partial charge is 0.352 e. The van der Waals surface area contributed by atoms with Gasteiger partial charge in [-0.15, -0.1) is 0 Å². The van der Waals surface area contributed by atoms with Crippen LogP contribution in [0.5, 0.6) is 0 Å². The summed E-state index contributed by atoms with van der Waals surface area (Å²) in [4.78, 5) is 12.6. The van der Waals surface area contributed by atoms with Crippen molar-refractivity contribution in [1.82, 2.24) is 19.8 Å². The minimum Gasteiger partial charge on any atom is -0.352 e. The zero-order chi connectivity index (χ0) is 18.7. The number of carbonyl (C=O) groups is 1. The highest BCUT2D eigenvalue weighted by molar-refractivity contribution is 7.89. The molecule has 0 aliphatic carbocycles. The first-order valence-corrected chi connectivity index (χ1v) is 10.2. The fraction of sp³-hybridized carbons (Fsp3) is 0.444. The molecule has 1 aliphatic heterocycles. The van der Waals surface area contributed by atoms with Gasteiger partial charge in [-0.1, -0.05) is 30.3 Å². The minimum absolute atomic E-state index is 0.0124. The summed E-state index contributed by atoms with van der Waals surface area (Å²) in [5.41, 5.74) is 2.07. The Labute approximate surface area is 153 Å². The maximum atomic E-state index is 12.8. The predicted molar refractivity (Wildman–Crippen MR) is 97.8 cm³/mol. The van der Waals surface area contributed by atoms with Crippen LogP contribution in [0.15, 0.2) is 35.2 Å². The molecule has 1 aliphatic rings. The van der Waals surface area contributed by atoms with Crippen LogP contribution < -0.4 is 5.32 Å². The average Bonchev–Trinajstić information content (AvgIpc) is 2.99. The van der Waals surface area contributed by atoms with Crippen molar-refractivity contribution in [3.05, 3.63) is 47.3 Å². The van der Waals surface area contributed by atoms with E-state index in [1.165, 1.54) is 4.31 Å². The second-order valence-electron chi connectivity index (χ2n) is 6.64. The Morgan fingerprint density at radius 1 is 1.23 bits per heavy atom. The third kappa shape index (κ3) is 3.81. The zero-order valence-corrected chi connectivity index (χ0v) is 15.8. The van der Waals surface area contributed by atoms with Crippen LogP contribution in [0.2, 0.25) is 0 Å². The molecule has 2 aromatic rings. The van der Waals surface area contributed by atoms with Crippen molar-refractivity contribution in [3.63, 3.8) is 0 Å². The number of piperidine rings is 1. The number of aryl methyl sites for hydroxylation is 2. The number of amides is 1. The maximum Gasteiger partial charge on any atom is 0.246 e. The summed E-state index contributed by atoms with van der Waals surface area (Å²) >= 11 is 0. The predicted octanol–water partition coefficient (Wildman–Crippen LogP) is 1.74. The normalized spacial score (nSPS) is 16.5. The fourth-order valence-corrected chi connectivity index (χ4v) is 5.14. The van der Waals surface area contributed by atoms with Gasteiger partial charge in [0.25, 0.3) is 0 Å². The summed E-state index contributed by atoms with van der Waals surface area (Å²) in [5.74, 6) is -0.168. The second-order valence-corrected chi connectivity index (χ2v) is 8.52. The molecular formula is C18H24N4O3S. The molecule has 140 valence electrons. The van der Waals surface area contributed by atoms with E-state index in [2.05, 4.69) is 15.5 Å². The number of aromatic amines is 1. The van der Waals surface area contributed by atoms with Gasteiger partial charge in [0.2, 0.25) is 15.9 Å². The first-order valence-electron chi connectivity index (χ1n) is 8.73. The average molecular weight is 376 g/mol. The zero-order valence-electron chi connectivity index (χ0n) is 15.0. The first kappa shape index (κ1) is 18.6. The Kier molecular flexibility index (Phi) is 5.43. The molecule has 7 nitrogen and oxygen atoms in total. The van der Waals surface area contributed by atoms with E-state index >= 15 is 0 Å². The van der Waals surface area contributed by atoms with Crippen LogP contribution in [0.1, 0.15) is 29.8 Å². The topological polar surface area (TPSA) is 95.2 Å². The number of H-pyrrole nitrogens is 1. The summed E-state index contributed by atoms with van der Waals surface area (Å²) in [6.45, 7) is 4.56. The molecule has 26 heavy (non-hydrogen) atoms. The summed E-state index contributed by atoms with van der Waals surface area (Å²) in [7, 11) is -3.58. The first-order chi connectivity index (χ1) is 12.4. The van der Waals surface area contributed by atoms with Crippen molar-refractivity contribution in [1.29, 1.82) is 0 Å². The minimum atomic E-state index is -3.58. The van der Waals surface area contributed by atoms with Gasteiger partial charge in [0.15, 0.2) is 0 Å². The van der Waals surface area contributed by atoms with Crippen LogP contribution in [0.25, 0.3) is 0 Å². The molecule has 2 heterocycles. The highest BCUT2D eigenvalue weighted by Crippen LogP contribution is 2.26. The van der Waals surface area contributed by atoms with E-state index in [0.29, 0.717) is 43.9 Å². The molecular weight excluding hydrogens is 352 g/mol. The van der Waals surface area contributed by atoms with E-state index < -0.39 is 10.0 Å². The highest BCUT2D eigenvalue weighted by Gasteiger charge is 2.34. The third-order valence-corrected chi connectivity index (χ3v) is 6.96. The molecule has 0 saturated carbocycles. The SMILES string of the molecule is Cc1n[nH]c(C)c1S(=O)(=O)N1CCC(C(=O)NCc2ccccc2)CC1. The number of benzene rings is 1. The van der Waals surface area contributed by atoms with Gasteiger partial charge in [-0.2, -0.15) is 9.40 Å². The number of hydrogen-bond donors (Lipinski definition) is 2. The lowest BCUT2D eigenvalue weighted by atomic mass is 9.97. The Morgan fingerprint density at radius 3 is 2.46 bits per heavy atom. The van der Waals surface area contributed by atoms with E-state index in [-0.39, 0.29) is 16.7 Å². The number of sulfonamides is 1. The third-order valence-electron chi connectivity index (χ3n) is 4.79. The van der Waals surface area contributed by atoms with E-state index in [0.717, 1.165) is 5.56 Å². The summed E-state index contributed by atoms with van der Waals surface area (Å²) in [6.07, 6.45) is 1.05. The fourth-order valence-electron chi connectivity index (χ4n) is 3.34. The number of aromatic nitrogens is 2. The van der Waals surface area contributed by atoms with Crippen molar-refractivity contribution >= 4 is 15.9 Å². The molecule has 0 bridgehead atoms. The Hall–Kier alpha value is -2.19. The molecule has 1 saturated heterocycles. The quantitative estimate of drug-likeness (QED) is 0.831. The van der Waals surface area contributed by atoms with Crippen molar-refractivity contribution in [2.75, 3.05) is 13.1 Å². The second kappa shape index (κ2) is 7.59. The summed E-state index contributed by atoms with van der Waals surface area (Å²) < 4.78 is 27.1. The maximum absolute atomic E-state index is 12.8. The van der Waals surface area contributed by atoms with Gasteiger partial charge >= 0.3 is 0 Å². The molecule has 0 atom stereocenters. The van der Waals surface area contributed by atoms with Gasteiger partial charge in [0.05, 0.1) is 11.4 Å². The summed E-state index contributed by atoms with van der Waals surface area (Å²) in [5, 5.41) is 9.65. The van der Waals surface area contributed by atoms with Gasteiger partial charge in [0, 0.05) is 25.6 Å². The molecule has 8 heteroatoms.